The summed E-state index contributed by atoms with van der Waals surface area (Å²) in [5, 5.41) is 16.6. The van der Waals surface area contributed by atoms with Crippen LogP contribution in [0.25, 0.3) is 10.9 Å². The number of nitrogens with one attached hydrogen (secondary N) is 1. The summed E-state index contributed by atoms with van der Waals surface area (Å²) in [7, 11) is -2.77. The van der Waals surface area contributed by atoms with Crippen LogP contribution in [0.2, 0.25) is 31.4 Å². The van der Waals surface area contributed by atoms with Crippen LogP contribution < -0.4 is 4.00 Å². The van der Waals surface area contributed by atoms with Crippen molar-refractivity contribution in [3.8, 4) is 0 Å². The van der Waals surface area contributed by atoms with Gasteiger partial charge in [-0.1, -0.05) is 0 Å². The number of aromatic amines is 1. The van der Waals surface area contributed by atoms with Crippen LogP contribution in [0, 0.1) is 0 Å². The molecule has 5 heteroatoms. The number of para-hydroxylation sites is 1. The van der Waals surface area contributed by atoms with E-state index in [9.17, 15) is 0 Å². The molecule has 3 rings (SSSR count). The predicted octanol–water partition coefficient (Wildman–Crippen LogP) is 6.15. The van der Waals surface area contributed by atoms with Gasteiger partial charge in [0.15, 0.2) is 0 Å². The van der Waals surface area contributed by atoms with Crippen molar-refractivity contribution in [1.82, 2.24) is 4.98 Å². The summed E-state index contributed by atoms with van der Waals surface area (Å²) in [5.41, 5.74) is 1.23. The van der Waals surface area contributed by atoms with Gasteiger partial charge in [0.1, 0.15) is 0 Å². The number of rotatable bonds is 2. The molecule has 1 N–H and O–H groups in total. The second-order valence-corrected chi connectivity index (χ2v) is 79.9. The average molecular weight is 422 g/mol. The summed E-state index contributed by atoms with van der Waals surface area (Å²) in [6.45, 7) is 0. The van der Waals surface area contributed by atoms with E-state index in [4.69, 9.17) is 0 Å². The zero-order chi connectivity index (χ0) is 16.7. The molecule has 0 saturated heterocycles. The first kappa shape index (κ1) is 21.8. The number of fused-ring (bicyclic) bond motifs is 1. The Kier molecular flexibility index (Phi) is 2.93. The Morgan fingerprint density at radius 3 is 2.04 bits per heavy atom. The van der Waals surface area contributed by atoms with Crippen LogP contribution in [0.3, 0.4) is 0 Å². The summed E-state index contributed by atoms with van der Waals surface area (Å²) < 4.78 is 2.94. The van der Waals surface area contributed by atoms with Crippen LogP contribution in [-0.2, 0) is 8.91 Å². The third kappa shape index (κ3) is 2.81. The first-order valence-electron chi connectivity index (χ1n) is 8.48. The standard InChI is InChI=1S/C8H6N.C5H5.6CH3.2ClH.H2Si.Ti/c1-2-4-8-7(3-1)5-6-9-8;1-2-4-5-3-1;;;;;;;;;;/h1-5,9H;1-3H,4H2;6*1H3;2*1H;1H2;. The maximum atomic E-state index is 3.82. The minimum atomic E-state index is -5.02. The number of aromatic nitrogens is 1. The van der Waals surface area contributed by atoms with Crippen LogP contribution in [0.4, 0.5) is 0 Å². The van der Waals surface area contributed by atoms with Crippen LogP contribution in [0.15, 0.2) is 52.4 Å². The Morgan fingerprint density at radius 2 is 1.54 bits per heavy atom. The minimum absolute atomic E-state index is 0. The van der Waals surface area contributed by atoms with Crippen molar-refractivity contribution in [2.24, 2.45) is 0 Å². The van der Waals surface area contributed by atoms with Crippen LogP contribution in [0.1, 0.15) is 6.42 Å². The van der Waals surface area contributed by atoms with Crippen LogP contribution >= 0.6 is 24.8 Å². The Hall–Kier alpha value is -0.249. The second kappa shape index (κ2) is 3.23. The molecule has 0 unspecified atom stereocenters. The van der Waals surface area contributed by atoms with E-state index in [0.717, 1.165) is 6.42 Å². The fourth-order valence-corrected chi connectivity index (χ4v) is 14.4. The molecule has 1 nitrogen and oxygen atoms in total. The number of allylic oxidation sites excluding steroid dienone is 4. The van der Waals surface area contributed by atoms with Gasteiger partial charge < -0.3 is 0 Å². The number of halogens is 2. The molecule has 0 spiro atoms. The van der Waals surface area contributed by atoms with Crippen molar-refractivity contribution >= 4 is 47.3 Å². The molecule has 1 aliphatic rings. The first-order chi connectivity index (χ1) is 9.32. The van der Waals surface area contributed by atoms with E-state index in [1.807, 2.05) is 0 Å². The van der Waals surface area contributed by atoms with Crippen molar-refractivity contribution in [3.05, 3.63) is 52.4 Å². The average Bonchev–Trinajstić information content (AvgIpc) is 2.97. The van der Waals surface area contributed by atoms with E-state index in [1.54, 1.807) is 3.88 Å². The molecule has 0 saturated carbocycles. The van der Waals surface area contributed by atoms with Crippen LogP contribution in [0.5, 0.6) is 0 Å². The van der Waals surface area contributed by atoms with Crippen molar-refractivity contribution in [3.63, 3.8) is 0 Å². The van der Waals surface area contributed by atoms with Crippen molar-refractivity contribution in [1.29, 1.82) is 0 Å². The fraction of sp³-hybridized carbons (Fsp3) is 0.368. The molecule has 1 aromatic carbocycles. The molecular weight excluding hydrogens is 389 g/mol. The van der Waals surface area contributed by atoms with Crippen molar-refractivity contribution < 1.29 is 8.91 Å². The summed E-state index contributed by atoms with van der Waals surface area (Å²) >= 11 is 0. The van der Waals surface area contributed by atoms with Crippen molar-refractivity contribution in [2.45, 2.75) is 37.8 Å². The van der Waals surface area contributed by atoms with Gasteiger partial charge in [-0.2, -0.15) is 0 Å². The number of hydrogen-bond donors (Lipinski definition) is 1. The molecule has 0 radical (unpaired) electrons. The zero-order valence-electron chi connectivity index (χ0n) is 15.8. The topological polar surface area (TPSA) is 15.8 Å². The Balaban J connectivity index is 0.00000144. The summed E-state index contributed by atoms with van der Waals surface area (Å²) in [4.78, 5) is 3.82. The molecular formula is C19H33Cl2NSiTi. The maximum absolute atomic E-state index is 5.02. The van der Waals surface area contributed by atoms with Gasteiger partial charge in [0.2, 0.25) is 0 Å². The Morgan fingerprint density at radius 1 is 0.958 bits per heavy atom. The molecule has 2 aromatic rings. The van der Waals surface area contributed by atoms with E-state index in [-0.39, 0.29) is 24.8 Å². The van der Waals surface area contributed by atoms with E-state index in [2.05, 4.69) is 92.5 Å². The summed E-state index contributed by atoms with van der Waals surface area (Å²) in [6, 6.07) is 11.0. The molecule has 0 fully saturated rings. The summed E-state index contributed by atoms with van der Waals surface area (Å²) in [6.07, 6.45) is 7.91. The zero-order valence-corrected chi connectivity index (χ0v) is 20.5. The van der Waals surface area contributed by atoms with Gasteiger partial charge in [0.05, 0.1) is 0 Å². The Labute approximate surface area is 150 Å². The second-order valence-electron chi connectivity index (χ2n) is 16.7. The quantitative estimate of drug-likeness (QED) is 0.559. The molecule has 24 heavy (non-hydrogen) atoms. The molecule has 1 aromatic heterocycles. The van der Waals surface area contributed by atoms with E-state index < -0.39 is 8.91 Å². The molecule has 0 amide bonds. The van der Waals surface area contributed by atoms with Gasteiger partial charge in [-0.25, -0.2) is 0 Å². The fourth-order valence-electron chi connectivity index (χ4n) is 4.00. The number of hydrogen-bond acceptors (Lipinski definition) is 0. The monoisotopic (exact) mass is 421 g/mol. The van der Waals surface area contributed by atoms with E-state index >= 15 is 0 Å². The van der Waals surface area contributed by atoms with Gasteiger partial charge >= 0.3 is 127 Å². The Bertz CT molecular complexity index is 1070. The molecule has 136 valence electrons. The summed E-state index contributed by atoms with van der Waals surface area (Å²) in [5.74, 6) is 0. The van der Waals surface area contributed by atoms with Gasteiger partial charge in [0.25, 0.3) is 0 Å². The van der Waals surface area contributed by atoms with Gasteiger partial charge in [-0.15, -0.1) is 24.8 Å². The molecule has 0 bridgehead atoms. The predicted molar refractivity (Wildman–Crippen MR) is 118 cm³/mol. The van der Waals surface area contributed by atoms with Gasteiger partial charge in [-0.3, -0.25) is 0 Å². The SMILES string of the molecule is Cl.Cl.[CH3][Ti]([CH3])([CH3])([CH3])([CH3])([CH3])(=[SiH2])([C]1=CC=CC1)[c]1cc2ccccc2[nH]1. The van der Waals surface area contributed by atoms with Gasteiger partial charge in [-0.05, 0) is 0 Å². The van der Waals surface area contributed by atoms with E-state index in [1.165, 1.54) is 14.9 Å². The molecule has 0 atom stereocenters. The van der Waals surface area contributed by atoms with Crippen molar-refractivity contribution in [2.75, 3.05) is 0 Å². The molecule has 1 aliphatic carbocycles. The third-order valence-corrected chi connectivity index (χ3v) is 24.3. The molecule has 1 heterocycles. The van der Waals surface area contributed by atoms with Crippen LogP contribution in [-0.4, -0.2) is 12.6 Å². The first-order valence-corrected chi connectivity index (χ1v) is 23.4. The number of benzene rings is 1. The third-order valence-electron chi connectivity index (χ3n) is 6.56. The van der Waals surface area contributed by atoms with Gasteiger partial charge in [0, 0.05) is 0 Å². The number of H-pyrrole nitrogens is 1. The van der Waals surface area contributed by atoms with E-state index in [0.29, 0.717) is 0 Å². The normalized spacial score (nSPS) is 23.1. The molecule has 0 aliphatic heterocycles.